The Bertz CT molecular complexity index is 758. The van der Waals surface area contributed by atoms with E-state index in [2.05, 4.69) is 24.0 Å². The van der Waals surface area contributed by atoms with E-state index in [1.807, 2.05) is 12.1 Å². The molecule has 5 nitrogen and oxygen atoms in total. The zero-order valence-electron chi connectivity index (χ0n) is 16.1. The van der Waals surface area contributed by atoms with Gasteiger partial charge in [-0.25, -0.2) is 0 Å². The van der Waals surface area contributed by atoms with Gasteiger partial charge in [0.1, 0.15) is 0 Å². The lowest BCUT2D eigenvalue weighted by Gasteiger charge is -2.33. The maximum atomic E-state index is 13.0. The second-order valence-corrected chi connectivity index (χ2v) is 10.6. The van der Waals surface area contributed by atoms with Gasteiger partial charge in [-0.1, -0.05) is 37.1 Å². The van der Waals surface area contributed by atoms with Crippen LogP contribution in [-0.2, 0) is 10.2 Å². The maximum Gasteiger partial charge on any atom is 0.282 e. The lowest BCUT2D eigenvalue weighted by Crippen LogP contribution is -2.43. The minimum Gasteiger partial charge on any atom is -0.300 e. The molecule has 6 heteroatoms. The first-order valence-corrected chi connectivity index (χ1v) is 11.3. The number of benzene rings is 1. The van der Waals surface area contributed by atoms with Crippen molar-refractivity contribution in [3.63, 3.8) is 0 Å². The Morgan fingerprint density at radius 3 is 2.38 bits per heavy atom. The molecule has 2 aliphatic heterocycles. The van der Waals surface area contributed by atoms with E-state index >= 15 is 0 Å². The fraction of sp³-hybridized carbons (Fsp3) is 0.700. The molecule has 0 spiro atoms. The first-order chi connectivity index (χ1) is 12.4. The average molecular weight is 378 g/mol. The Kier molecular flexibility index (Phi) is 4.88. The number of nitrogens with zero attached hydrogens (tertiary/aromatic N) is 3. The fourth-order valence-corrected chi connectivity index (χ4v) is 6.72. The molecule has 1 aromatic rings. The molecular formula is C20H31N3O2S. The quantitative estimate of drug-likeness (QED) is 0.810. The molecule has 0 N–H and O–H groups in total. The zero-order chi connectivity index (χ0) is 18.5. The zero-order valence-corrected chi connectivity index (χ0v) is 17.0. The Hall–Kier alpha value is -0.950. The molecule has 144 valence electrons. The van der Waals surface area contributed by atoms with E-state index in [0.29, 0.717) is 18.4 Å². The molecule has 1 saturated carbocycles. The van der Waals surface area contributed by atoms with Crippen molar-refractivity contribution >= 4 is 10.2 Å². The van der Waals surface area contributed by atoms with E-state index in [0.717, 1.165) is 19.1 Å². The van der Waals surface area contributed by atoms with Crippen LogP contribution in [0.2, 0.25) is 0 Å². The fourth-order valence-electron chi connectivity index (χ4n) is 5.36. The van der Waals surface area contributed by atoms with Crippen molar-refractivity contribution in [2.24, 2.45) is 11.8 Å². The Labute approximate surface area is 158 Å². The molecule has 0 bridgehead atoms. The summed E-state index contributed by atoms with van der Waals surface area (Å²) in [5, 5.41) is 0. The van der Waals surface area contributed by atoms with Crippen LogP contribution in [0.25, 0.3) is 0 Å². The Balaban J connectivity index is 1.68. The molecule has 0 unspecified atom stereocenters. The summed E-state index contributed by atoms with van der Waals surface area (Å²) in [6, 6.07) is 8.98. The van der Waals surface area contributed by atoms with Crippen molar-refractivity contribution in [3.05, 3.63) is 35.4 Å². The summed E-state index contributed by atoms with van der Waals surface area (Å²) in [4.78, 5) is 2.66. The highest BCUT2D eigenvalue weighted by Crippen LogP contribution is 2.48. The number of fused-ring (bicyclic) bond motifs is 1. The minimum atomic E-state index is -3.42. The van der Waals surface area contributed by atoms with Crippen molar-refractivity contribution in [1.29, 1.82) is 0 Å². The highest BCUT2D eigenvalue weighted by atomic mass is 32.2. The SMILES string of the molecule is Cc1ccccc1[C@@H]1[C@H]2CN(C3CCCC3)C[C@H]2CN1S(=O)(=O)N(C)C. The summed E-state index contributed by atoms with van der Waals surface area (Å²) >= 11 is 0. The maximum absolute atomic E-state index is 13.0. The molecule has 1 aliphatic carbocycles. The predicted molar refractivity (Wildman–Crippen MR) is 104 cm³/mol. The number of rotatable bonds is 4. The molecule has 3 fully saturated rings. The van der Waals surface area contributed by atoms with E-state index in [9.17, 15) is 8.42 Å². The summed E-state index contributed by atoms with van der Waals surface area (Å²) < 4.78 is 29.2. The van der Waals surface area contributed by atoms with E-state index in [-0.39, 0.29) is 6.04 Å². The number of likely N-dealkylation sites (tertiary alicyclic amines) is 1. The molecule has 2 saturated heterocycles. The van der Waals surface area contributed by atoms with Crippen molar-refractivity contribution in [2.75, 3.05) is 33.7 Å². The van der Waals surface area contributed by atoms with Gasteiger partial charge in [0.05, 0.1) is 6.04 Å². The van der Waals surface area contributed by atoms with Gasteiger partial charge in [0, 0.05) is 39.8 Å². The van der Waals surface area contributed by atoms with E-state index < -0.39 is 10.2 Å². The normalized spacial score (nSPS) is 31.2. The van der Waals surface area contributed by atoms with Crippen LogP contribution in [0, 0.1) is 18.8 Å². The van der Waals surface area contributed by atoms with Crippen LogP contribution in [0.3, 0.4) is 0 Å². The topological polar surface area (TPSA) is 43.9 Å². The van der Waals surface area contributed by atoms with Crippen molar-refractivity contribution in [1.82, 2.24) is 13.5 Å². The molecule has 2 heterocycles. The third-order valence-corrected chi connectivity index (χ3v) is 8.65. The van der Waals surface area contributed by atoms with E-state index in [1.165, 1.54) is 41.1 Å². The molecular weight excluding hydrogens is 346 g/mol. The first-order valence-electron chi connectivity index (χ1n) is 9.88. The molecule has 0 radical (unpaired) electrons. The van der Waals surface area contributed by atoms with Gasteiger partial charge < -0.3 is 0 Å². The number of hydrogen-bond donors (Lipinski definition) is 0. The predicted octanol–water partition coefficient (Wildman–Crippen LogP) is 2.65. The molecule has 3 atom stereocenters. The van der Waals surface area contributed by atoms with E-state index in [4.69, 9.17) is 0 Å². The van der Waals surface area contributed by atoms with Crippen molar-refractivity contribution in [3.8, 4) is 0 Å². The largest absolute Gasteiger partial charge is 0.300 e. The van der Waals surface area contributed by atoms with E-state index in [1.54, 1.807) is 18.4 Å². The third kappa shape index (κ3) is 3.01. The molecule has 4 rings (SSSR count). The monoisotopic (exact) mass is 377 g/mol. The van der Waals surface area contributed by atoms with Crippen LogP contribution >= 0.6 is 0 Å². The molecule has 26 heavy (non-hydrogen) atoms. The first kappa shape index (κ1) is 18.4. The third-order valence-electron chi connectivity index (χ3n) is 6.76. The van der Waals surface area contributed by atoms with Crippen molar-refractivity contribution < 1.29 is 8.42 Å². The highest BCUT2D eigenvalue weighted by molar-refractivity contribution is 7.86. The smallest absolute Gasteiger partial charge is 0.282 e. The van der Waals surface area contributed by atoms with Gasteiger partial charge in [0.15, 0.2) is 0 Å². The van der Waals surface area contributed by atoms with Gasteiger partial charge in [-0.15, -0.1) is 0 Å². The number of hydrogen-bond acceptors (Lipinski definition) is 3. The van der Waals surface area contributed by atoms with Crippen LogP contribution in [0.5, 0.6) is 0 Å². The molecule has 1 aromatic carbocycles. The van der Waals surface area contributed by atoms with Gasteiger partial charge in [0.25, 0.3) is 10.2 Å². The van der Waals surface area contributed by atoms with Gasteiger partial charge in [-0.05, 0) is 42.7 Å². The van der Waals surface area contributed by atoms with Gasteiger partial charge in [-0.3, -0.25) is 4.90 Å². The number of aryl methyl sites for hydroxylation is 1. The van der Waals surface area contributed by atoms with Crippen LogP contribution in [0.1, 0.15) is 42.9 Å². The second-order valence-electron chi connectivity index (χ2n) is 8.48. The van der Waals surface area contributed by atoms with Gasteiger partial charge in [0.2, 0.25) is 0 Å². The van der Waals surface area contributed by atoms with Crippen LogP contribution in [-0.4, -0.2) is 61.7 Å². The van der Waals surface area contributed by atoms with Crippen LogP contribution < -0.4 is 0 Å². The summed E-state index contributed by atoms with van der Waals surface area (Å²) in [5.41, 5.74) is 2.37. The summed E-state index contributed by atoms with van der Waals surface area (Å²) in [5.74, 6) is 0.835. The van der Waals surface area contributed by atoms with Crippen molar-refractivity contribution in [2.45, 2.75) is 44.7 Å². The Morgan fingerprint density at radius 2 is 1.73 bits per heavy atom. The molecule has 0 aromatic heterocycles. The second kappa shape index (κ2) is 6.89. The lowest BCUT2D eigenvalue weighted by molar-refractivity contribution is 0.205. The van der Waals surface area contributed by atoms with Crippen LogP contribution in [0.15, 0.2) is 24.3 Å². The Morgan fingerprint density at radius 1 is 1.04 bits per heavy atom. The summed E-state index contributed by atoms with van der Waals surface area (Å²) in [6.07, 6.45) is 5.32. The lowest BCUT2D eigenvalue weighted by atomic mass is 9.88. The molecule has 0 amide bonds. The average Bonchev–Trinajstić information content (AvgIpc) is 3.30. The summed E-state index contributed by atoms with van der Waals surface area (Å²) in [7, 11) is -0.137. The summed E-state index contributed by atoms with van der Waals surface area (Å²) in [6.45, 7) is 4.84. The van der Waals surface area contributed by atoms with Gasteiger partial charge >= 0.3 is 0 Å². The highest BCUT2D eigenvalue weighted by Gasteiger charge is 2.52. The van der Waals surface area contributed by atoms with Gasteiger partial charge in [-0.2, -0.15) is 17.0 Å². The van der Waals surface area contributed by atoms with Crippen LogP contribution in [0.4, 0.5) is 0 Å². The minimum absolute atomic E-state index is 0.0417. The standard InChI is InChI=1S/C20H31N3O2S/c1-15-8-4-7-11-18(15)20-19-14-22(17-9-5-6-10-17)12-16(19)13-23(20)26(24,25)21(2)3/h4,7-8,11,16-17,19-20H,5-6,9-10,12-14H2,1-3H3/t16-,19-,20+/m0/s1. The molecule has 3 aliphatic rings.